The molecule has 1 aliphatic carbocycles. The average molecular weight is 310 g/mol. The molecule has 0 atom stereocenters. The Kier molecular flexibility index (Phi) is 4.95. The summed E-state index contributed by atoms with van der Waals surface area (Å²) < 4.78 is 5.24. The first-order chi connectivity index (χ1) is 10.0. The predicted octanol–water partition coefficient (Wildman–Crippen LogP) is 2.17. The van der Waals surface area contributed by atoms with Crippen LogP contribution in [0.4, 0.5) is 10.5 Å². The molecule has 1 aromatic carbocycles. The van der Waals surface area contributed by atoms with E-state index in [1.54, 1.807) is 36.0 Å². The highest BCUT2D eigenvalue weighted by Gasteiger charge is 2.41. The fourth-order valence-corrected chi connectivity index (χ4v) is 2.52. The number of anilines is 1. The van der Waals surface area contributed by atoms with Gasteiger partial charge in [-0.15, -0.1) is 0 Å². The molecule has 21 heavy (non-hydrogen) atoms. The van der Waals surface area contributed by atoms with Crippen LogP contribution in [0.2, 0.25) is 0 Å². The van der Waals surface area contributed by atoms with Crippen molar-refractivity contribution in [2.45, 2.75) is 17.6 Å². The zero-order chi connectivity index (χ0) is 15.3. The predicted molar refractivity (Wildman–Crippen MR) is 82.1 cm³/mol. The van der Waals surface area contributed by atoms with E-state index in [2.05, 4.69) is 16.9 Å². The van der Waals surface area contributed by atoms with Crippen LogP contribution in [0, 0.1) is 0 Å². The summed E-state index contributed by atoms with van der Waals surface area (Å²) in [6.45, 7) is 0.282. The number of rotatable bonds is 7. The number of thioether (sulfide) groups is 1. The van der Waals surface area contributed by atoms with Crippen LogP contribution in [0.15, 0.2) is 24.3 Å². The summed E-state index contributed by atoms with van der Waals surface area (Å²) in [6, 6.07) is 6.32. The lowest BCUT2D eigenvalue weighted by Gasteiger charge is -2.13. The van der Waals surface area contributed by atoms with Gasteiger partial charge in [0, 0.05) is 17.0 Å². The van der Waals surface area contributed by atoms with Gasteiger partial charge in [-0.05, 0) is 43.4 Å². The van der Waals surface area contributed by atoms with Crippen LogP contribution in [0.25, 0.3) is 0 Å². The normalized spacial score (nSPS) is 15.1. The second-order valence-corrected chi connectivity index (χ2v) is 6.18. The minimum atomic E-state index is -1.03. The first-order valence-electron chi connectivity index (χ1n) is 6.58. The van der Waals surface area contributed by atoms with E-state index in [0.29, 0.717) is 18.0 Å². The molecule has 0 aromatic heterocycles. The summed E-state index contributed by atoms with van der Waals surface area (Å²) in [7, 11) is 0. The van der Waals surface area contributed by atoms with E-state index in [0.717, 1.165) is 12.8 Å². The Bertz CT molecular complexity index is 514. The molecule has 2 rings (SSSR count). The van der Waals surface area contributed by atoms with Crippen molar-refractivity contribution in [1.29, 1.82) is 0 Å². The molecule has 1 fully saturated rings. The van der Waals surface area contributed by atoms with Gasteiger partial charge in [0.05, 0.1) is 0 Å². The van der Waals surface area contributed by atoms with Gasteiger partial charge in [0.25, 0.3) is 0 Å². The van der Waals surface area contributed by atoms with Crippen molar-refractivity contribution in [2.24, 2.45) is 0 Å². The average Bonchev–Trinajstić information content (AvgIpc) is 3.25. The van der Waals surface area contributed by atoms with Crippen LogP contribution in [-0.2, 0) is 4.79 Å². The molecule has 0 heterocycles. The lowest BCUT2D eigenvalue weighted by atomic mass is 10.3. The van der Waals surface area contributed by atoms with Gasteiger partial charge in [-0.25, -0.2) is 9.59 Å². The molecule has 0 aliphatic heterocycles. The molecule has 2 amide bonds. The van der Waals surface area contributed by atoms with Gasteiger partial charge in [-0.3, -0.25) is 0 Å². The van der Waals surface area contributed by atoms with E-state index in [1.165, 1.54) is 0 Å². The van der Waals surface area contributed by atoms with Crippen molar-refractivity contribution in [3.8, 4) is 5.75 Å². The van der Waals surface area contributed by atoms with Crippen LogP contribution in [0.5, 0.6) is 5.75 Å². The molecule has 0 unspecified atom stereocenters. The Balaban J connectivity index is 1.77. The standard InChI is InChI=1S/C14H18N2O4S/c1-21-14(6-7-14)9-15-13(19)16-10-2-4-11(5-3-10)20-8-12(17)18/h2-5H,6-9H2,1H3,(H,17,18)(H2,15,16,19). The van der Waals surface area contributed by atoms with Gasteiger partial charge in [-0.2, -0.15) is 11.8 Å². The molecule has 0 radical (unpaired) electrons. The third-order valence-electron chi connectivity index (χ3n) is 3.29. The molecule has 114 valence electrons. The first-order valence-corrected chi connectivity index (χ1v) is 7.80. The number of carboxylic acid groups (broad SMARTS) is 1. The Labute approximate surface area is 127 Å². The summed E-state index contributed by atoms with van der Waals surface area (Å²) in [5.41, 5.74) is 0.629. The Morgan fingerprint density at radius 2 is 2.00 bits per heavy atom. The number of benzene rings is 1. The van der Waals surface area contributed by atoms with Crippen molar-refractivity contribution >= 4 is 29.4 Å². The Hall–Kier alpha value is -1.89. The fraction of sp³-hybridized carbons (Fsp3) is 0.429. The number of amides is 2. The zero-order valence-electron chi connectivity index (χ0n) is 11.7. The highest BCUT2D eigenvalue weighted by molar-refractivity contribution is 8.00. The number of carbonyl (C=O) groups excluding carboxylic acids is 1. The van der Waals surface area contributed by atoms with Crippen molar-refractivity contribution in [3.63, 3.8) is 0 Å². The maximum atomic E-state index is 11.8. The van der Waals surface area contributed by atoms with Crippen molar-refractivity contribution in [3.05, 3.63) is 24.3 Å². The first kappa shape index (κ1) is 15.5. The molecular weight excluding hydrogens is 292 g/mol. The van der Waals surface area contributed by atoms with Gasteiger partial charge in [0.15, 0.2) is 6.61 Å². The van der Waals surface area contributed by atoms with Gasteiger partial charge in [-0.1, -0.05) is 0 Å². The second kappa shape index (κ2) is 6.71. The van der Waals surface area contributed by atoms with E-state index in [4.69, 9.17) is 9.84 Å². The fourth-order valence-electron chi connectivity index (χ4n) is 1.79. The number of aliphatic carboxylic acids is 1. The van der Waals surface area contributed by atoms with Crippen LogP contribution in [-0.4, -0.2) is 41.3 Å². The smallest absolute Gasteiger partial charge is 0.341 e. The van der Waals surface area contributed by atoms with Crippen molar-refractivity contribution < 1.29 is 19.4 Å². The van der Waals surface area contributed by atoms with Gasteiger partial charge >= 0.3 is 12.0 Å². The largest absolute Gasteiger partial charge is 0.482 e. The molecule has 0 saturated heterocycles. The number of urea groups is 1. The molecule has 3 N–H and O–H groups in total. The number of carboxylic acids is 1. The SMILES string of the molecule is CSC1(CNC(=O)Nc2ccc(OCC(=O)O)cc2)CC1. The van der Waals surface area contributed by atoms with E-state index in [1.807, 2.05) is 0 Å². The zero-order valence-corrected chi connectivity index (χ0v) is 12.5. The number of ether oxygens (including phenoxy) is 1. The molecule has 1 saturated carbocycles. The Morgan fingerprint density at radius 1 is 1.33 bits per heavy atom. The lowest BCUT2D eigenvalue weighted by Crippen LogP contribution is -2.35. The summed E-state index contributed by atoms with van der Waals surface area (Å²) in [4.78, 5) is 22.1. The molecule has 1 aliphatic rings. The van der Waals surface area contributed by atoms with Gasteiger partial charge in [0.2, 0.25) is 0 Å². The minimum absolute atomic E-state index is 0.228. The second-order valence-electron chi connectivity index (χ2n) is 4.90. The summed E-state index contributed by atoms with van der Waals surface area (Å²) >= 11 is 1.79. The topological polar surface area (TPSA) is 87.7 Å². The minimum Gasteiger partial charge on any atom is -0.482 e. The van der Waals surface area contributed by atoms with Crippen LogP contribution in [0.1, 0.15) is 12.8 Å². The van der Waals surface area contributed by atoms with Gasteiger partial charge in [0.1, 0.15) is 5.75 Å². The van der Waals surface area contributed by atoms with Crippen LogP contribution < -0.4 is 15.4 Å². The molecule has 0 spiro atoms. The van der Waals surface area contributed by atoms with E-state index < -0.39 is 5.97 Å². The molecule has 7 heteroatoms. The Morgan fingerprint density at radius 3 is 2.52 bits per heavy atom. The molecular formula is C14H18N2O4S. The van der Waals surface area contributed by atoms with Crippen LogP contribution >= 0.6 is 11.8 Å². The van der Waals surface area contributed by atoms with E-state index in [-0.39, 0.29) is 17.4 Å². The number of nitrogens with one attached hydrogen (secondary N) is 2. The monoisotopic (exact) mass is 310 g/mol. The third-order valence-corrected chi connectivity index (χ3v) is 4.70. The summed E-state index contributed by atoms with van der Waals surface area (Å²) in [6.07, 6.45) is 4.34. The number of hydrogen-bond acceptors (Lipinski definition) is 4. The highest BCUT2D eigenvalue weighted by atomic mass is 32.2. The summed E-state index contributed by atoms with van der Waals surface area (Å²) in [5.74, 6) is -0.581. The van der Waals surface area contributed by atoms with Gasteiger partial charge < -0.3 is 20.5 Å². The molecule has 6 nitrogen and oxygen atoms in total. The van der Waals surface area contributed by atoms with Crippen molar-refractivity contribution in [2.75, 3.05) is 24.7 Å². The highest BCUT2D eigenvalue weighted by Crippen LogP contribution is 2.46. The molecule has 1 aromatic rings. The van der Waals surface area contributed by atoms with E-state index in [9.17, 15) is 9.59 Å². The van der Waals surface area contributed by atoms with Crippen molar-refractivity contribution in [1.82, 2.24) is 5.32 Å². The maximum absolute atomic E-state index is 11.8. The number of carbonyl (C=O) groups is 2. The molecule has 0 bridgehead atoms. The third kappa shape index (κ3) is 4.86. The maximum Gasteiger partial charge on any atom is 0.341 e. The summed E-state index contributed by atoms with van der Waals surface area (Å²) in [5, 5.41) is 14.1. The quantitative estimate of drug-likeness (QED) is 0.718. The number of hydrogen-bond donors (Lipinski definition) is 3. The van der Waals surface area contributed by atoms with E-state index >= 15 is 0 Å². The van der Waals surface area contributed by atoms with Crippen LogP contribution in [0.3, 0.4) is 0 Å². The lowest BCUT2D eigenvalue weighted by molar-refractivity contribution is -0.139.